The van der Waals surface area contributed by atoms with Crippen molar-refractivity contribution < 1.29 is 4.79 Å². The molecule has 29 heavy (non-hydrogen) atoms. The third kappa shape index (κ3) is 4.33. The van der Waals surface area contributed by atoms with Crippen molar-refractivity contribution in [3.05, 3.63) is 53.6 Å². The van der Waals surface area contributed by atoms with Gasteiger partial charge < -0.3 is 9.88 Å². The Bertz CT molecular complexity index is 1180. The topological polar surface area (TPSA) is 72.7 Å². The van der Waals surface area contributed by atoms with Crippen molar-refractivity contribution >= 4 is 44.4 Å². The highest BCUT2D eigenvalue weighted by molar-refractivity contribution is 7.99. The number of aryl methyl sites for hydroxylation is 2. The molecule has 8 heteroatoms. The first-order valence-electron chi connectivity index (χ1n) is 9.33. The number of rotatable bonds is 6. The fourth-order valence-corrected chi connectivity index (χ4v) is 4.83. The lowest BCUT2D eigenvalue weighted by atomic mass is 10.1. The zero-order chi connectivity index (χ0) is 20.4. The number of amides is 1. The normalized spacial score (nSPS) is 11.1. The van der Waals surface area contributed by atoms with E-state index in [9.17, 15) is 4.79 Å². The average molecular weight is 424 g/mol. The van der Waals surface area contributed by atoms with Gasteiger partial charge in [0.15, 0.2) is 16.1 Å². The minimum absolute atomic E-state index is 0.103. The second-order valence-electron chi connectivity index (χ2n) is 6.75. The van der Waals surface area contributed by atoms with Gasteiger partial charge in [0.1, 0.15) is 0 Å². The summed E-state index contributed by atoms with van der Waals surface area (Å²) >= 11 is 2.87. The van der Waals surface area contributed by atoms with Crippen molar-refractivity contribution in [1.82, 2.24) is 19.7 Å². The molecule has 1 amide bonds. The number of carbonyl (C=O) groups excluding carboxylic acids is 1. The van der Waals surface area contributed by atoms with Crippen LogP contribution in [0.15, 0.2) is 47.6 Å². The molecule has 0 aliphatic carbocycles. The number of nitrogens with zero attached hydrogens (tertiary/aromatic N) is 4. The molecule has 2 heterocycles. The Kier molecular flexibility index (Phi) is 5.64. The van der Waals surface area contributed by atoms with E-state index in [1.54, 1.807) is 0 Å². The number of anilines is 1. The summed E-state index contributed by atoms with van der Waals surface area (Å²) in [5.74, 6) is 0.968. The first-order chi connectivity index (χ1) is 14.0. The molecular weight excluding hydrogens is 402 g/mol. The number of carbonyl (C=O) groups is 1. The quantitative estimate of drug-likeness (QED) is 0.446. The lowest BCUT2D eigenvalue weighted by molar-refractivity contribution is -0.113. The number of thioether (sulfide) groups is 1. The van der Waals surface area contributed by atoms with Gasteiger partial charge in [-0.25, -0.2) is 4.98 Å². The number of hydrogen-bond acceptors (Lipinski definition) is 6. The molecule has 0 bridgehead atoms. The Labute approximate surface area is 177 Å². The van der Waals surface area contributed by atoms with Gasteiger partial charge in [0, 0.05) is 12.1 Å². The largest absolute Gasteiger partial charge is 0.302 e. The maximum absolute atomic E-state index is 12.4. The fraction of sp³-hybridized carbons (Fsp3) is 0.238. The van der Waals surface area contributed by atoms with Gasteiger partial charge in [0.05, 0.1) is 16.0 Å². The summed E-state index contributed by atoms with van der Waals surface area (Å²) in [5, 5.41) is 12.9. The Morgan fingerprint density at radius 1 is 1.14 bits per heavy atom. The molecule has 1 N–H and O–H groups in total. The summed E-state index contributed by atoms with van der Waals surface area (Å²) in [6.45, 7) is 6.88. The lowest BCUT2D eigenvalue weighted by Crippen LogP contribution is -2.14. The van der Waals surface area contributed by atoms with Crippen LogP contribution in [-0.4, -0.2) is 31.4 Å². The van der Waals surface area contributed by atoms with E-state index >= 15 is 0 Å². The monoisotopic (exact) mass is 423 g/mol. The van der Waals surface area contributed by atoms with E-state index in [-0.39, 0.29) is 11.7 Å². The van der Waals surface area contributed by atoms with Crippen LogP contribution in [0.1, 0.15) is 18.1 Å². The van der Waals surface area contributed by atoms with E-state index in [1.807, 2.05) is 35.8 Å². The zero-order valence-electron chi connectivity index (χ0n) is 16.5. The first kappa shape index (κ1) is 19.6. The van der Waals surface area contributed by atoms with E-state index in [0.717, 1.165) is 33.3 Å². The molecule has 0 unspecified atom stereocenters. The first-order valence-corrected chi connectivity index (χ1v) is 11.1. The van der Waals surface area contributed by atoms with E-state index < -0.39 is 0 Å². The van der Waals surface area contributed by atoms with Gasteiger partial charge in [-0.05, 0) is 44.5 Å². The van der Waals surface area contributed by atoms with Gasteiger partial charge in [0.25, 0.3) is 0 Å². The van der Waals surface area contributed by atoms with E-state index in [1.165, 1.54) is 34.2 Å². The molecule has 0 fully saturated rings. The predicted octanol–water partition coefficient (Wildman–Crippen LogP) is 4.92. The van der Waals surface area contributed by atoms with Crippen molar-refractivity contribution in [2.24, 2.45) is 0 Å². The van der Waals surface area contributed by atoms with Crippen LogP contribution in [0.5, 0.6) is 0 Å². The van der Waals surface area contributed by atoms with Crippen LogP contribution in [0.2, 0.25) is 0 Å². The molecule has 2 aromatic carbocycles. The molecule has 4 aromatic rings. The second-order valence-corrected chi connectivity index (χ2v) is 8.72. The Balaban J connectivity index is 1.45. The van der Waals surface area contributed by atoms with E-state index in [4.69, 9.17) is 0 Å². The maximum Gasteiger partial charge on any atom is 0.236 e. The molecule has 0 spiro atoms. The lowest BCUT2D eigenvalue weighted by Gasteiger charge is -2.07. The number of aromatic nitrogens is 4. The standard InChI is InChI=1S/C21H21N5OS2/c1-4-26-19(15-7-5-6-13(2)10-15)24-25-21(26)28-12-18(27)23-20-22-16-9-8-14(3)11-17(16)29-20/h5-11H,4,12H2,1-3H3,(H,22,23,27). The van der Waals surface area contributed by atoms with Crippen LogP contribution in [0.4, 0.5) is 5.13 Å². The van der Waals surface area contributed by atoms with Crippen LogP contribution in [0.25, 0.3) is 21.6 Å². The molecular formula is C21H21N5OS2. The van der Waals surface area contributed by atoms with E-state index in [0.29, 0.717) is 5.13 Å². The Morgan fingerprint density at radius 2 is 1.97 bits per heavy atom. The van der Waals surface area contributed by atoms with Gasteiger partial charge in [-0.15, -0.1) is 10.2 Å². The summed E-state index contributed by atoms with van der Waals surface area (Å²) in [4.78, 5) is 16.9. The van der Waals surface area contributed by atoms with Gasteiger partial charge in [-0.1, -0.05) is 52.9 Å². The Morgan fingerprint density at radius 3 is 2.76 bits per heavy atom. The fourth-order valence-electron chi connectivity index (χ4n) is 3.05. The SMILES string of the molecule is CCn1c(SCC(=O)Nc2nc3ccc(C)cc3s2)nnc1-c1cccc(C)c1. The molecule has 0 saturated heterocycles. The van der Waals surface area contributed by atoms with Crippen molar-refractivity contribution in [1.29, 1.82) is 0 Å². The van der Waals surface area contributed by atoms with Crippen LogP contribution < -0.4 is 5.32 Å². The molecule has 148 valence electrons. The number of nitrogens with one attached hydrogen (secondary N) is 1. The van der Waals surface area contributed by atoms with Gasteiger partial charge >= 0.3 is 0 Å². The summed E-state index contributed by atoms with van der Waals surface area (Å²) in [7, 11) is 0. The van der Waals surface area contributed by atoms with E-state index in [2.05, 4.69) is 52.5 Å². The summed E-state index contributed by atoms with van der Waals surface area (Å²) in [6.07, 6.45) is 0. The van der Waals surface area contributed by atoms with Crippen LogP contribution in [0, 0.1) is 13.8 Å². The number of benzene rings is 2. The zero-order valence-corrected chi connectivity index (χ0v) is 18.1. The minimum atomic E-state index is -0.103. The van der Waals surface area contributed by atoms with Gasteiger partial charge in [-0.2, -0.15) is 0 Å². The number of thiazole rings is 1. The molecule has 0 aliphatic heterocycles. The highest BCUT2D eigenvalue weighted by atomic mass is 32.2. The highest BCUT2D eigenvalue weighted by Gasteiger charge is 2.15. The molecule has 6 nitrogen and oxygen atoms in total. The van der Waals surface area contributed by atoms with Crippen LogP contribution in [-0.2, 0) is 11.3 Å². The van der Waals surface area contributed by atoms with Gasteiger partial charge in [0.2, 0.25) is 5.91 Å². The van der Waals surface area contributed by atoms with Gasteiger partial charge in [-0.3, -0.25) is 4.79 Å². The third-order valence-corrected chi connectivity index (χ3v) is 6.33. The molecule has 0 radical (unpaired) electrons. The van der Waals surface area contributed by atoms with Crippen molar-refractivity contribution in [2.45, 2.75) is 32.5 Å². The Hall–Kier alpha value is -2.71. The van der Waals surface area contributed by atoms with Crippen molar-refractivity contribution in [3.8, 4) is 11.4 Å². The summed E-state index contributed by atoms with van der Waals surface area (Å²) in [6, 6.07) is 14.3. The van der Waals surface area contributed by atoms with Crippen LogP contribution >= 0.6 is 23.1 Å². The molecule has 4 rings (SSSR count). The minimum Gasteiger partial charge on any atom is -0.302 e. The summed E-state index contributed by atoms with van der Waals surface area (Å²) < 4.78 is 3.11. The molecule has 0 aliphatic rings. The molecule has 2 aromatic heterocycles. The number of hydrogen-bond donors (Lipinski definition) is 1. The maximum atomic E-state index is 12.4. The molecule has 0 atom stereocenters. The summed E-state index contributed by atoms with van der Waals surface area (Å²) in [5.41, 5.74) is 4.28. The second kappa shape index (κ2) is 8.34. The number of fused-ring (bicyclic) bond motifs is 1. The molecule has 0 saturated carbocycles. The highest BCUT2D eigenvalue weighted by Crippen LogP contribution is 2.28. The third-order valence-electron chi connectivity index (χ3n) is 4.43. The van der Waals surface area contributed by atoms with Crippen LogP contribution in [0.3, 0.4) is 0 Å². The smallest absolute Gasteiger partial charge is 0.236 e. The predicted molar refractivity (Wildman–Crippen MR) is 120 cm³/mol. The average Bonchev–Trinajstić information content (AvgIpc) is 3.28. The van der Waals surface area contributed by atoms with Crippen molar-refractivity contribution in [2.75, 3.05) is 11.1 Å². The van der Waals surface area contributed by atoms with Crippen molar-refractivity contribution in [3.63, 3.8) is 0 Å².